The zero-order chi connectivity index (χ0) is 19.1. The Kier molecular flexibility index (Phi) is 6.93. The molecule has 0 aliphatic carbocycles. The number of nitrogens with one attached hydrogen (secondary N) is 1. The number of rotatable bonds is 8. The minimum absolute atomic E-state index is 0.0376. The lowest BCUT2D eigenvalue weighted by Gasteiger charge is -2.40. The Hall–Kier alpha value is -1.83. The first kappa shape index (κ1) is 19.9. The number of ether oxygens (including phenoxy) is 1. The van der Waals surface area contributed by atoms with Crippen molar-refractivity contribution >= 4 is 17.7 Å². The molecule has 0 unspecified atom stereocenters. The van der Waals surface area contributed by atoms with Gasteiger partial charge in [0, 0.05) is 44.1 Å². The third-order valence-electron chi connectivity index (χ3n) is 4.79. The van der Waals surface area contributed by atoms with Crippen LogP contribution >= 0.6 is 11.8 Å². The van der Waals surface area contributed by atoms with Crippen LogP contribution in [-0.2, 0) is 16.1 Å². The molecule has 1 fully saturated rings. The van der Waals surface area contributed by atoms with Crippen LogP contribution in [-0.4, -0.2) is 64.5 Å². The highest BCUT2D eigenvalue weighted by Crippen LogP contribution is 2.18. The highest BCUT2D eigenvalue weighted by atomic mass is 32.2. The van der Waals surface area contributed by atoms with Crippen molar-refractivity contribution in [3.63, 3.8) is 0 Å². The summed E-state index contributed by atoms with van der Waals surface area (Å²) >= 11 is 1.47. The summed E-state index contributed by atoms with van der Waals surface area (Å²) in [5, 5.41) is 3.93. The smallest absolute Gasteiger partial charge is 0.230 e. The van der Waals surface area contributed by atoms with Gasteiger partial charge in [0.2, 0.25) is 5.91 Å². The maximum absolute atomic E-state index is 12.3. The van der Waals surface area contributed by atoms with Crippen LogP contribution in [0.4, 0.5) is 0 Å². The van der Waals surface area contributed by atoms with Gasteiger partial charge in [-0.15, -0.1) is 0 Å². The predicted molar refractivity (Wildman–Crippen MR) is 108 cm³/mol. The summed E-state index contributed by atoms with van der Waals surface area (Å²) in [5.41, 5.74) is 1.14. The molecular formula is C20H28N4O2S. The summed E-state index contributed by atoms with van der Waals surface area (Å²) in [6.07, 6.45) is 3.74. The van der Waals surface area contributed by atoms with E-state index >= 15 is 0 Å². The van der Waals surface area contributed by atoms with Crippen molar-refractivity contribution in [3.8, 4) is 0 Å². The van der Waals surface area contributed by atoms with Gasteiger partial charge in [-0.05, 0) is 19.4 Å². The van der Waals surface area contributed by atoms with Crippen molar-refractivity contribution in [2.24, 2.45) is 0 Å². The lowest BCUT2D eigenvalue weighted by molar-refractivity contribution is -0.119. The van der Waals surface area contributed by atoms with Gasteiger partial charge in [-0.1, -0.05) is 42.1 Å². The third-order valence-corrected chi connectivity index (χ3v) is 5.80. The highest BCUT2D eigenvalue weighted by molar-refractivity contribution is 7.99. The third kappa shape index (κ3) is 5.82. The molecule has 0 spiro atoms. The van der Waals surface area contributed by atoms with Crippen LogP contribution in [0.3, 0.4) is 0 Å². The number of hydrogen-bond donors (Lipinski definition) is 1. The lowest BCUT2D eigenvalue weighted by atomic mass is 10.0. The van der Waals surface area contributed by atoms with E-state index in [0.29, 0.717) is 12.3 Å². The number of carbonyl (C=O) groups excluding carboxylic acids is 1. The highest BCUT2D eigenvalue weighted by Gasteiger charge is 2.28. The Balaban J connectivity index is 1.46. The molecule has 1 aromatic heterocycles. The maximum atomic E-state index is 12.3. The normalized spacial score (nSPS) is 15.6. The SMILES string of the molecule is CC(C)(CNC(=O)CSc1nccn1Cc1ccccc1)N1CCOCC1. The second-order valence-electron chi connectivity index (χ2n) is 7.30. The second-order valence-corrected chi connectivity index (χ2v) is 8.24. The summed E-state index contributed by atoms with van der Waals surface area (Å²) in [5.74, 6) is 0.404. The van der Waals surface area contributed by atoms with E-state index in [2.05, 4.69) is 45.7 Å². The largest absolute Gasteiger partial charge is 0.379 e. The number of aromatic nitrogens is 2. The fourth-order valence-corrected chi connectivity index (χ4v) is 3.90. The van der Waals surface area contributed by atoms with Crippen molar-refractivity contribution < 1.29 is 9.53 Å². The molecule has 146 valence electrons. The van der Waals surface area contributed by atoms with Gasteiger partial charge in [-0.2, -0.15) is 0 Å². The van der Waals surface area contributed by atoms with Gasteiger partial charge < -0.3 is 14.6 Å². The molecule has 7 heteroatoms. The molecule has 1 aromatic carbocycles. The molecule has 0 atom stereocenters. The second kappa shape index (κ2) is 9.39. The summed E-state index contributed by atoms with van der Waals surface area (Å²) < 4.78 is 7.49. The minimum atomic E-state index is -0.0735. The van der Waals surface area contributed by atoms with Crippen molar-refractivity contribution in [3.05, 3.63) is 48.3 Å². The number of benzene rings is 1. The molecule has 6 nitrogen and oxygen atoms in total. The molecule has 3 rings (SSSR count). The molecule has 2 aromatic rings. The first-order valence-corrected chi connectivity index (χ1v) is 10.3. The van der Waals surface area contributed by atoms with E-state index in [1.807, 2.05) is 24.4 Å². The van der Waals surface area contributed by atoms with Crippen LogP contribution < -0.4 is 5.32 Å². The van der Waals surface area contributed by atoms with Gasteiger partial charge in [0.15, 0.2) is 5.16 Å². The number of nitrogens with zero attached hydrogens (tertiary/aromatic N) is 3. The summed E-state index contributed by atoms with van der Waals surface area (Å²) in [7, 11) is 0. The van der Waals surface area contributed by atoms with E-state index in [1.54, 1.807) is 6.20 Å². The van der Waals surface area contributed by atoms with Crippen LogP contribution in [0.15, 0.2) is 47.9 Å². The zero-order valence-corrected chi connectivity index (χ0v) is 16.9. The monoisotopic (exact) mass is 388 g/mol. The molecule has 27 heavy (non-hydrogen) atoms. The molecule has 1 aliphatic rings. The quantitative estimate of drug-likeness (QED) is 0.703. The summed E-state index contributed by atoms with van der Waals surface area (Å²) in [6, 6.07) is 10.3. The van der Waals surface area contributed by atoms with Gasteiger partial charge in [-0.3, -0.25) is 9.69 Å². The van der Waals surface area contributed by atoms with Gasteiger partial charge in [0.25, 0.3) is 0 Å². The van der Waals surface area contributed by atoms with Gasteiger partial charge in [0.05, 0.1) is 19.0 Å². The predicted octanol–water partition coefficient (Wildman–Crippen LogP) is 2.25. The maximum Gasteiger partial charge on any atom is 0.230 e. The molecule has 0 saturated carbocycles. The fourth-order valence-electron chi connectivity index (χ4n) is 3.11. The van der Waals surface area contributed by atoms with E-state index in [-0.39, 0.29) is 11.4 Å². The van der Waals surface area contributed by atoms with E-state index in [9.17, 15) is 4.79 Å². The van der Waals surface area contributed by atoms with E-state index in [4.69, 9.17) is 4.74 Å². The number of thioether (sulfide) groups is 1. The van der Waals surface area contributed by atoms with Crippen LogP contribution in [0.1, 0.15) is 19.4 Å². The van der Waals surface area contributed by atoms with E-state index in [1.165, 1.54) is 17.3 Å². The number of morpholine rings is 1. The van der Waals surface area contributed by atoms with Crippen molar-refractivity contribution in [1.29, 1.82) is 0 Å². The van der Waals surface area contributed by atoms with E-state index in [0.717, 1.165) is 38.0 Å². The van der Waals surface area contributed by atoms with Crippen LogP contribution in [0, 0.1) is 0 Å². The molecule has 2 heterocycles. The molecular weight excluding hydrogens is 360 g/mol. The van der Waals surface area contributed by atoms with Crippen LogP contribution in [0.2, 0.25) is 0 Å². The van der Waals surface area contributed by atoms with Crippen molar-refractivity contribution in [2.45, 2.75) is 31.1 Å². The summed E-state index contributed by atoms with van der Waals surface area (Å²) in [6.45, 7) is 9.06. The molecule has 0 radical (unpaired) electrons. The lowest BCUT2D eigenvalue weighted by Crippen LogP contribution is -2.55. The van der Waals surface area contributed by atoms with Crippen LogP contribution in [0.5, 0.6) is 0 Å². The van der Waals surface area contributed by atoms with E-state index < -0.39 is 0 Å². The Morgan fingerprint density at radius 3 is 2.74 bits per heavy atom. The first-order valence-electron chi connectivity index (χ1n) is 9.32. The number of carbonyl (C=O) groups is 1. The minimum Gasteiger partial charge on any atom is -0.379 e. The molecule has 1 saturated heterocycles. The molecule has 1 N–H and O–H groups in total. The molecule has 0 bridgehead atoms. The van der Waals surface area contributed by atoms with Crippen LogP contribution in [0.25, 0.3) is 0 Å². The van der Waals surface area contributed by atoms with Gasteiger partial charge in [0.1, 0.15) is 0 Å². The molecule has 1 amide bonds. The Morgan fingerprint density at radius 2 is 2.00 bits per heavy atom. The Bertz CT molecular complexity index is 727. The average Bonchev–Trinajstić information content (AvgIpc) is 3.13. The average molecular weight is 389 g/mol. The number of imidazole rings is 1. The Morgan fingerprint density at radius 1 is 1.26 bits per heavy atom. The van der Waals surface area contributed by atoms with Gasteiger partial charge in [-0.25, -0.2) is 4.98 Å². The summed E-state index contributed by atoms with van der Waals surface area (Å²) in [4.78, 5) is 19.1. The topological polar surface area (TPSA) is 59.4 Å². The fraction of sp³-hybridized carbons (Fsp3) is 0.500. The van der Waals surface area contributed by atoms with Gasteiger partial charge >= 0.3 is 0 Å². The zero-order valence-electron chi connectivity index (χ0n) is 16.1. The number of amides is 1. The molecule has 1 aliphatic heterocycles. The van der Waals surface area contributed by atoms with Crippen molar-refractivity contribution in [2.75, 3.05) is 38.6 Å². The first-order chi connectivity index (χ1) is 13.0. The number of hydrogen-bond acceptors (Lipinski definition) is 5. The van der Waals surface area contributed by atoms with Crippen molar-refractivity contribution in [1.82, 2.24) is 19.8 Å². The Labute approximate surface area is 165 Å². The standard InChI is InChI=1S/C20H28N4O2S/c1-20(2,24-10-12-26-13-11-24)16-22-18(25)15-27-19-21-8-9-23(19)14-17-6-4-3-5-7-17/h3-9H,10-16H2,1-2H3,(H,22,25).